The van der Waals surface area contributed by atoms with Gasteiger partial charge in [-0.05, 0) is 29.8 Å². The lowest BCUT2D eigenvalue weighted by Crippen LogP contribution is -2.16. The molecule has 1 aromatic carbocycles. The van der Waals surface area contributed by atoms with E-state index in [-0.39, 0.29) is 10.7 Å². The Balaban J connectivity index is 1.97. The van der Waals surface area contributed by atoms with Crippen LogP contribution < -0.4 is 5.43 Å². The molecule has 18 heavy (non-hydrogen) atoms. The van der Waals surface area contributed by atoms with Gasteiger partial charge in [0, 0.05) is 0 Å². The molecule has 0 atom stereocenters. The predicted molar refractivity (Wildman–Crippen MR) is 65.7 cm³/mol. The summed E-state index contributed by atoms with van der Waals surface area (Å²) in [6.07, 6.45) is 1.31. The lowest BCUT2D eigenvalue weighted by molar-refractivity contribution is 0.0959. The number of hydrogen-bond acceptors (Lipinski definition) is 3. The highest BCUT2D eigenvalue weighted by atomic mass is 32.1. The van der Waals surface area contributed by atoms with Crippen molar-refractivity contribution < 1.29 is 13.6 Å². The number of nitrogens with zero attached hydrogens (tertiary/aromatic N) is 1. The van der Waals surface area contributed by atoms with Crippen molar-refractivity contribution in [2.75, 3.05) is 0 Å². The molecule has 0 aliphatic carbocycles. The summed E-state index contributed by atoms with van der Waals surface area (Å²) in [5.74, 6) is -0.887. The van der Waals surface area contributed by atoms with Gasteiger partial charge in [0.15, 0.2) is 5.13 Å². The quantitative estimate of drug-likeness (QED) is 0.673. The number of carbonyl (C=O) groups is 1. The Labute approximate surface area is 106 Å². The molecule has 0 aliphatic rings. The highest BCUT2D eigenvalue weighted by Gasteiger charge is 2.07. The van der Waals surface area contributed by atoms with Crippen LogP contribution >= 0.6 is 11.3 Å². The zero-order chi connectivity index (χ0) is 13.0. The molecule has 1 heterocycles. The molecule has 0 aliphatic heterocycles. The van der Waals surface area contributed by atoms with E-state index < -0.39 is 11.0 Å². The fourth-order valence-electron chi connectivity index (χ4n) is 1.24. The maximum atomic E-state index is 12.8. The molecule has 0 saturated heterocycles. The van der Waals surface area contributed by atoms with E-state index in [2.05, 4.69) is 10.5 Å². The Kier molecular flexibility index (Phi) is 3.78. The first-order valence-corrected chi connectivity index (χ1v) is 5.81. The SMILES string of the molecule is O=C(NN=Cc1cccc(F)c1)c1ccc(F)s1. The zero-order valence-corrected chi connectivity index (χ0v) is 9.88. The van der Waals surface area contributed by atoms with E-state index in [1.165, 1.54) is 36.5 Å². The summed E-state index contributed by atoms with van der Waals surface area (Å²) in [6, 6.07) is 8.34. The van der Waals surface area contributed by atoms with Gasteiger partial charge in [-0.3, -0.25) is 4.79 Å². The van der Waals surface area contributed by atoms with Crippen molar-refractivity contribution in [1.82, 2.24) is 5.43 Å². The summed E-state index contributed by atoms with van der Waals surface area (Å²) in [5, 5.41) is 3.23. The van der Waals surface area contributed by atoms with Gasteiger partial charge in [0.1, 0.15) is 5.82 Å². The molecule has 0 saturated carbocycles. The van der Waals surface area contributed by atoms with Crippen molar-refractivity contribution in [2.24, 2.45) is 5.10 Å². The maximum absolute atomic E-state index is 12.8. The van der Waals surface area contributed by atoms with Crippen molar-refractivity contribution in [3.63, 3.8) is 0 Å². The number of hydrogen-bond donors (Lipinski definition) is 1. The molecule has 92 valence electrons. The minimum absolute atomic E-state index is 0.226. The summed E-state index contributed by atoms with van der Waals surface area (Å²) in [5.41, 5.74) is 2.75. The fourth-order valence-corrected chi connectivity index (χ4v) is 1.86. The first kappa shape index (κ1) is 12.4. The molecule has 0 unspecified atom stereocenters. The Morgan fingerprint density at radius 3 is 2.78 bits per heavy atom. The Bertz CT molecular complexity index is 595. The van der Waals surface area contributed by atoms with Gasteiger partial charge in [-0.15, -0.1) is 11.3 Å². The van der Waals surface area contributed by atoms with Gasteiger partial charge in [0.05, 0.1) is 11.1 Å². The standard InChI is InChI=1S/C12H8F2N2OS/c13-9-3-1-2-8(6-9)7-15-16-12(17)10-4-5-11(14)18-10/h1-7H,(H,16,17). The van der Waals surface area contributed by atoms with E-state index in [0.717, 1.165) is 11.3 Å². The van der Waals surface area contributed by atoms with Crippen LogP contribution in [0.25, 0.3) is 0 Å². The summed E-state index contributed by atoms with van der Waals surface area (Å²) in [7, 11) is 0. The van der Waals surface area contributed by atoms with E-state index in [4.69, 9.17) is 0 Å². The van der Waals surface area contributed by atoms with Gasteiger partial charge >= 0.3 is 0 Å². The van der Waals surface area contributed by atoms with E-state index in [1.54, 1.807) is 6.07 Å². The number of halogens is 2. The fraction of sp³-hybridized carbons (Fsp3) is 0. The van der Waals surface area contributed by atoms with Crippen LogP contribution in [0, 0.1) is 10.9 Å². The minimum Gasteiger partial charge on any atom is -0.266 e. The Morgan fingerprint density at radius 2 is 2.11 bits per heavy atom. The number of amides is 1. The Morgan fingerprint density at radius 1 is 1.28 bits per heavy atom. The van der Waals surface area contributed by atoms with Crippen LogP contribution in [0.15, 0.2) is 41.5 Å². The van der Waals surface area contributed by atoms with Gasteiger partial charge in [-0.25, -0.2) is 9.82 Å². The van der Waals surface area contributed by atoms with Crippen LogP contribution in [0.2, 0.25) is 0 Å². The van der Waals surface area contributed by atoms with Crippen LogP contribution in [0.4, 0.5) is 8.78 Å². The number of benzene rings is 1. The van der Waals surface area contributed by atoms with Crippen molar-refractivity contribution >= 4 is 23.5 Å². The molecule has 1 aromatic heterocycles. The van der Waals surface area contributed by atoms with Crippen LogP contribution in [-0.4, -0.2) is 12.1 Å². The van der Waals surface area contributed by atoms with E-state index in [0.29, 0.717) is 5.56 Å². The van der Waals surface area contributed by atoms with E-state index >= 15 is 0 Å². The second kappa shape index (κ2) is 5.50. The first-order chi connectivity index (χ1) is 8.65. The summed E-state index contributed by atoms with van der Waals surface area (Å²) < 4.78 is 25.5. The molecule has 0 fully saturated rings. The molecule has 2 aromatic rings. The third-order valence-electron chi connectivity index (χ3n) is 2.03. The average Bonchev–Trinajstić information content (AvgIpc) is 2.76. The molecule has 0 bridgehead atoms. The molecule has 0 radical (unpaired) electrons. The topological polar surface area (TPSA) is 41.5 Å². The molecule has 0 spiro atoms. The number of hydrazone groups is 1. The predicted octanol–water partition coefficient (Wildman–Crippen LogP) is 2.79. The summed E-state index contributed by atoms with van der Waals surface area (Å²) >= 11 is 0.732. The van der Waals surface area contributed by atoms with Crippen LogP contribution in [-0.2, 0) is 0 Å². The van der Waals surface area contributed by atoms with E-state index in [9.17, 15) is 13.6 Å². The summed E-state index contributed by atoms with van der Waals surface area (Å²) in [6.45, 7) is 0. The van der Waals surface area contributed by atoms with Crippen LogP contribution in [0.3, 0.4) is 0 Å². The minimum atomic E-state index is -0.503. The molecule has 3 nitrogen and oxygen atoms in total. The molecule has 2 rings (SSSR count). The highest BCUT2D eigenvalue weighted by Crippen LogP contribution is 2.13. The van der Waals surface area contributed by atoms with Crippen LogP contribution in [0.1, 0.15) is 15.2 Å². The lowest BCUT2D eigenvalue weighted by Gasteiger charge is -1.96. The van der Waals surface area contributed by atoms with Crippen molar-refractivity contribution in [3.8, 4) is 0 Å². The maximum Gasteiger partial charge on any atom is 0.281 e. The normalized spacial score (nSPS) is 10.8. The van der Waals surface area contributed by atoms with Gasteiger partial charge in [-0.2, -0.15) is 9.49 Å². The van der Waals surface area contributed by atoms with Crippen LogP contribution in [0.5, 0.6) is 0 Å². The van der Waals surface area contributed by atoms with Crippen molar-refractivity contribution in [2.45, 2.75) is 0 Å². The van der Waals surface area contributed by atoms with Crippen molar-refractivity contribution in [1.29, 1.82) is 0 Å². The third kappa shape index (κ3) is 3.21. The molecular formula is C12H8F2N2OS. The molecule has 6 heteroatoms. The second-order valence-electron chi connectivity index (χ2n) is 3.36. The lowest BCUT2D eigenvalue weighted by atomic mass is 10.2. The smallest absolute Gasteiger partial charge is 0.266 e. The third-order valence-corrected chi connectivity index (χ3v) is 2.90. The average molecular weight is 266 g/mol. The van der Waals surface area contributed by atoms with Gasteiger partial charge in [-0.1, -0.05) is 12.1 Å². The molecular weight excluding hydrogens is 258 g/mol. The van der Waals surface area contributed by atoms with Gasteiger partial charge < -0.3 is 0 Å². The summed E-state index contributed by atoms with van der Waals surface area (Å²) in [4.78, 5) is 11.7. The first-order valence-electron chi connectivity index (χ1n) is 4.99. The Hall–Kier alpha value is -2.08. The van der Waals surface area contributed by atoms with E-state index in [1.807, 2.05) is 0 Å². The zero-order valence-electron chi connectivity index (χ0n) is 9.06. The van der Waals surface area contributed by atoms with Gasteiger partial charge in [0.25, 0.3) is 5.91 Å². The number of rotatable bonds is 3. The largest absolute Gasteiger partial charge is 0.281 e. The van der Waals surface area contributed by atoms with Gasteiger partial charge in [0.2, 0.25) is 0 Å². The number of thiophene rings is 1. The molecule has 1 N–H and O–H groups in total. The number of nitrogens with one attached hydrogen (secondary N) is 1. The second-order valence-corrected chi connectivity index (χ2v) is 4.39. The molecule has 1 amide bonds. The monoisotopic (exact) mass is 266 g/mol. The van der Waals surface area contributed by atoms with Crippen molar-refractivity contribution in [3.05, 3.63) is 57.8 Å². The highest BCUT2D eigenvalue weighted by molar-refractivity contribution is 7.12. The number of carbonyl (C=O) groups excluding carboxylic acids is 1.